The third-order valence-corrected chi connectivity index (χ3v) is 2.80. The highest BCUT2D eigenvalue weighted by Gasteiger charge is 2.23. The lowest BCUT2D eigenvalue weighted by molar-refractivity contribution is 0.774. The standard InChI is InChI=1S/C12H20N4/c1-4-13-12-14-9(2)7-11(15-12)16(3)8-10-5-6-10/h7,10H,4-6,8H2,1-3H3,(H,13,14,15). The zero-order chi connectivity index (χ0) is 11.5. The van der Waals surface area contributed by atoms with Gasteiger partial charge in [-0.1, -0.05) is 0 Å². The smallest absolute Gasteiger partial charge is 0.224 e. The molecule has 0 bridgehead atoms. The van der Waals surface area contributed by atoms with E-state index >= 15 is 0 Å². The molecule has 0 radical (unpaired) electrons. The van der Waals surface area contributed by atoms with E-state index < -0.39 is 0 Å². The highest BCUT2D eigenvalue weighted by molar-refractivity contribution is 5.44. The van der Waals surface area contributed by atoms with E-state index in [1.165, 1.54) is 12.8 Å². The number of nitrogens with one attached hydrogen (secondary N) is 1. The molecule has 0 unspecified atom stereocenters. The molecule has 1 heterocycles. The van der Waals surface area contributed by atoms with Crippen molar-refractivity contribution in [2.75, 3.05) is 30.4 Å². The van der Waals surface area contributed by atoms with Gasteiger partial charge in [0, 0.05) is 31.9 Å². The van der Waals surface area contributed by atoms with Crippen LogP contribution in [0.3, 0.4) is 0 Å². The van der Waals surface area contributed by atoms with Gasteiger partial charge in [0.05, 0.1) is 0 Å². The molecule has 1 aliphatic carbocycles. The summed E-state index contributed by atoms with van der Waals surface area (Å²) in [5.41, 5.74) is 1.02. The Kier molecular flexibility index (Phi) is 3.27. The third-order valence-electron chi connectivity index (χ3n) is 2.80. The minimum atomic E-state index is 0.736. The molecule has 1 saturated carbocycles. The lowest BCUT2D eigenvalue weighted by atomic mass is 10.3. The molecular formula is C12H20N4. The zero-order valence-corrected chi connectivity index (χ0v) is 10.3. The van der Waals surface area contributed by atoms with Gasteiger partial charge in [0.25, 0.3) is 0 Å². The van der Waals surface area contributed by atoms with Crippen LogP contribution in [0.15, 0.2) is 6.07 Å². The van der Waals surface area contributed by atoms with Crippen LogP contribution in [0.25, 0.3) is 0 Å². The molecule has 0 saturated heterocycles. The first-order valence-electron chi connectivity index (χ1n) is 5.99. The zero-order valence-electron chi connectivity index (χ0n) is 10.3. The highest BCUT2D eigenvalue weighted by atomic mass is 15.2. The number of rotatable bonds is 5. The van der Waals surface area contributed by atoms with Gasteiger partial charge in [0.2, 0.25) is 5.95 Å². The van der Waals surface area contributed by atoms with E-state index in [0.717, 1.165) is 36.5 Å². The van der Waals surface area contributed by atoms with Gasteiger partial charge in [-0.25, -0.2) is 4.98 Å². The second kappa shape index (κ2) is 4.68. The van der Waals surface area contributed by atoms with Crippen LogP contribution in [0, 0.1) is 12.8 Å². The van der Waals surface area contributed by atoms with Gasteiger partial charge in [-0.3, -0.25) is 0 Å². The summed E-state index contributed by atoms with van der Waals surface area (Å²) in [6.45, 7) is 6.04. The van der Waals surface area contributed by atoms with Crippen molar-refractivity contribution >= 4 is 11.8 Å². The van der Waals surface area contributed by atoms with Crippen LogP contribution in [0.4, 0.5) is 11.8 Å². The Morgan fingerprint density at radius 2 is 2.19 bits per heavy atom. The molecule has 4 heteroatoms. The quantitative estimate of drug-likeness (QED) is 0.824. The number of aryl methyl sites for hydroxylation is 1. The molecule has 88 valence electrons. The van der Waals surface area contributed by atoms with Gasteiger partial charge >= 0.3 is 0 Å². The average molecular weight is 220 g/mol. The molecule has 0 aliphatic heterocycles. The van der Waals surface area contributed by atoms with Crippen LogP contribution in [0.5, 0.6) is 0 Å². The summed E-state index contributed by atoms with van der Waals surface area (Å²) in [4.78, 5) is 11.1. The molecule has 0 amide bonds. The van der Waals surface area contributed by atoms with Crippen molar-refractivity contribution < 1.29 is 0 Å². The monoisotopic (exact) mass is 220 g/mol. The Bertz CT molecular complexity index is 360. The Balaban J connectivity index is 2.11. The molecule has 2 rings (SSSR count). The van der Waals surface area contributed by atoms with Crippen LogP contribution >= 0.6 is 0 Å². The van der Waals surface area contributed by atoms with Crippen LogP contribution in [-0.4, -0.2) is 30.1 Å². The fourth-order valence-corrected chi connectivity index (χ4v) is 1.77. The fraction of sp³-hybridized carbons (Fsp3) is 0.667. The minimum Gasteiger partial charge on any atom is -0.359 e. The van der Waals surface area contributed by atoms with Crippen molar-refractivity contribution in [2.45, 2.75) is 26.7 Å². The summed E-state index contributed by atoms with van der Waals surface area (Å²) < 4.78 is 0. The molecule has 1 N–H and O–H groups in total. The molecule has 1 aliphatic rings. The lowest BCUT2D eigenvalue weighted by Crippen LogP contribution is -2.22. The number of hydrogen-bond acceptors (Lipinski definition) is 4. The summed E-state index contributed by atoms with van der Waals surface area (Å²) >= 11 is 0. The van der Waals surface area contributed by atoms with E-state index in [-0.39, 0.29) is 0 Å². The summed E-state index contributed by atoms with van der Waals surface area (Å²) in [6.07, 6.45) is 2.74. The Morgan fingerprint density at radius 3 is 2.81 bits per heavy atom. The van der Waals surface area contributed by atoms with E-state index in [1.54, 1.807) is 0 Å². The molecule has 1 aromatic rings. The molecule has 16 heavy (non-hydrogen) atoms. The van der Waals surface area contributed by atoms with Gasteiger partial charge in [-0.05, 0) is 32.6 Å². The summed E-state index contributed by atoms with van der Waals surface area (Å²) in [7, 11) is 2.11. The van der Waals surface area contributed by atoms with Crippen LogP contribution in [0.2, 0.25) is 0 Å². The molecule has 0 aromatic carbocycles. The van der Waals surface area contributed by atoms with Crippen molar-refractivity contribution in [3.63, 3.8) is 0 Å². The Hall–Kier alpha value is -1.32. The molecule has 0 atom stereocenters. The molecule has 0 spiro atoms. The molecule has 1 aromatic heterocycles. The third kappa shape index (κ3) is 2.84. The largest absolute Gasteiger partial charge is 0.359 e. The van der Waals surface area contributed by atoms with Crippen molar-refractivity contribution in [1.29, 1.82) is 0 Å². The maximum Gasteiger partial charge on any atom is 0.224 e. The van der Waals surface area contributed by atoms with Crippen LogP contribution < -0.4 is 10.2 Å². The van der Waals surface area contributed by atoms with Crippen molar-refractivity contribution in [2.24, 2.45) is 5.92 Å². The first-order valence-corrected chi connectivity index (χ1v) is 5.99. The average Bonchev–Trinajstić information content (AvgIpc) is 3.01. The maximum absolute atomic E-state index is 4.51. The van der Waals surface area contributed by atoms with E-state index in [9.17, 15) is 0 Å². The van der Waals surface area contributed by atoms with Gasteiger partial charge in [0.1, 0.15) is 5.82 Å². The normalized spacial score (nSPS) is 14.9. The second-order valence-electron chi connectivity index (χ2n) is 4.55. The Morgan fingerprint density at radius 1 is 1.44 bits per heavy atom. The lowest BCUT2D eigenvalue weighted by Gasteiger charge is -2.18. The summed E-state index contributed by atoms with van der Waals surface area (Å²) in [5.74, 6) is 2.64. The van der Waals surface area contributed by atoms with Crippen molar-refractivity contribution in [3.05, 3.63) is 11.8 Å². The Labute approximate surface area is 97.1 Å². The van der Waals surface area contributed by atoms with Gasteiger partial charge in [-0.15, -0.1) is 0 Å². The highest BCUT2D eigenvalue weighted by Crippen LogP contribution is 2.30. The van der Waals surface area contributed by atoms with Crippen LogP contribution in [0.1, 0.15) is 25.5 Å². The molecule has 4 nitrogen and oxygen atoms in total. The summed E-state index contributed by atoms with van der Waals surface area (Å²) in [6, 6.07) is 2.04. The van der Waals surface area contributed by atoms with Gasteiger partial charge in [0.15, 0.2) is 0 Å². The molecular weight excluding hydrogens is 200 g/mol. The number of nitrogens with zero attached hydrogens (tertiary/aromatic N) is 3. The second-order valence-corrected chi connectivity index (χ2v) is 4.55. The van der Waals surface area contributed by atoms with Crippen molar-refractivity contribution in [3.8, 4) is 0 Å². The van der Waals surface area contributed by atoms with Gasteiger partial charge in [-0.2, -0.15) is 4.98 Å². The number of aromatic nitrogens is 2. The predicted molar refractivity (Wildman–Crippen MR) is 66.9 cm³/mol. The van der Waals surface area contributed by atoms with E-state index in [0.29, 0.717) is 0 Å². The molecule has 1 fully saturated rings. The van der Waals surface area contributed by atoms with E-state index in [2.05, 4.69) is 34.2 Å². The van der Waals surface area contributed by atoms with E-state index in [1.807, 2.05) is 13.0 Å². The first-order chi connectivity index (χ1) is 7.69. The maximum atomic E-state index is 4.51. The predicted octanol–water partition coefficient (Wildman–Crippen LogP) is 2.06. The SMILES string of the molecule is CCNc1nc(C)cc(N(C)CC2CC2)n1. The van der Waals surface area contributed by atoms with Crippen LogP contribution in [-0.2, 0) is 0 Å². The topological polar surface area (TPSA) is 41.1 Å². The summed E-state index contributed by atoms with van der Waals surface area (Å²) in [5, 5.41) is 3.16. The minimum absolute atomic E-state index is 0.736. The number of hydrogen-bond donors (Lipinski definition) is 1. The first kappa shape index (κ1) is 11.2. The van der Waals surface area contributed by atoms with Gasteiger partial charge < -0.3 is 10.2 Å². The number of anilines is 2. The van der Waals surface area contributed by atoms with E-state index in [4.69, 9.17) is 0 Å². The van der Waals surface area contributed by atoms with Crippen molar-refractivity contribution in [1.82, 2.24) is 9.97 Å². The fourth-order valence-electron chi connectivity index (χ4n) is 1.77.